The third-order valence-corrected chi connectivity index (χ3v) is 4.12. The van der Waals surface area contributed by atoms with E-state index >= 15 is 0 Å². The Labute approximate surface area is 176 Å². The summed E-state index contributed by atoms with van der Waals surface area (Å²) < 4.78 is 10.6. The van der Waals surface area contributed by atoms with Gasteiger partial charge in [0.2, 0.25) is 5.91 Å². The van der Waals surface area contributed by atoms with Crippen LogP contribution in [0.1, 0.15) is 49.9 Å². The average Bonchev–Trinajstić information content (AvgIpc) is 2.74. The molecule has 160 valence electrons. The number of carbonyl (C=O) groups excluding carboxylic acids is 3. The van der Waals surface area contributed by atoms with Crippen LogP contribution < -0.4 is 15.4 Å². The minimum Gasteiger partial charge on any atom is -0.494 e. The molecular weight excluding hydrogens is 384 g/mol. The molecule has 30 heavy (non-hydrogen) atoms. The zero-order valence-corrected chi connectivity index (χ0v) is 17.4. The zero-order chi connectivity index (χ0) is 21.8. The number of carbonyl (C=O) groups is 3. The Morgan fingerprint density at radius 2 is 1.40 bits per heavy atom. The van der Waals surface area contributed by atoms with E-state index in [0.29, 0.717) is 30.0 Å². The molecule has 7 nitrogen and oxygen atoms in total. The maximum atomic E-state index is 12.1. The number of hydrogen-bond donors (Lipinski definition) is 2. The monoisotopic (exact) mass is 412 g/mol. The van der Waals surface area contributed by atoms with Gasteiger partial charge in [-0.1, -0.05) is 20.3 Å². The number of anilines is 2. The lowest BCUT2D eigenvalue weighted by Gasteiger charge is -2.09. The number of amides is 2. The van der Waals surface area contributed by atoms with Crippen molar-refractivity contribution >= 4 is 29.2 Å². The zero-order valence-electron chi connectivity index (χ0n) is 17.4. The van der Waals surface area contributed by atoms with Crippen molar-refractivity contribution < 1.29 is 23.9 Å². The first-order chi connectivity index (χ1) is 14.5. The summed E-state index contributed by atoms with van der Waals surface area (Å²) in [4.78, 5) is 35.7. The van der Waals surface area contributed by atoms with E-state index in [4.69, 9.17) is 9.47 Å². The third kappa shape index (κ3) is 7.95. The van der Waals surface area contributed by atoms with Crippen LogP contribution in [0.4, 0.5) is 11.4 Å². The van der Waals surface area contributed by atoms with Gasteiger partial charge in [0.1, 0.15) is 5.75 Å². The van der Waals surface area contributed by atoms with E-state index in [0.717, 1.165) is 25.0 Å². The highest BCUT2D eigenvalue weighted by molar-refractivity contribution is 5.96. The predicted octanol–water partition coefficient (Wildman–Crippen LogP) is 4.40. The maximum absolute atomic E-state index is 12.1. The third-order valence-electron chi connectivity index (χ3n) is 4.12. The van der Waals surface area contributed by atoms with Crippen LogP contribution in [-0.2, 0) is 14.3 Å². The minimum atomic E-state index is -0.615. The van der Waals surface area contributed by atoms with E-state index in [9.17, 15) is 14.4 Å². The molecule has 2 amide bonds. The second-order valence-corrected chi connectivity index (χ2v) is 6.73. The molecule has 0 aliphatic heterocycles. The van der Waals surface area contributed by atoms with Crippen molar-refractivity contribution in [3.05, 3.63) is 54.1 Å². The lowest BCUT2D eigenvalue weighted by Crippen LogP contribution is -2.21. The predicted molar refractivity (Wildman–Crippen MR) is 116 cm³/mol. The highest BCUT2D eigenvalue weighted by Gasteiger charge is 2.11. The van der Waals surface area contributed by atoms with Crippen molar-refractivity contribution in [2.24, 2.45) is 0 Å². The Bertz CT molecular complexity index is 832. The molecule has 0 heterocycles. The summed E-state index contributed by atoms with van der Waals surface area (Å²) in [5.74, 6) is -0.394. The van der Waals surface area contributed by atoms with Crippen LogP contribution in [0.5, 0.6) is 5.75 Å². The summed E-state index contributed by atoms with van der Waals surface area (Å²) in [5, 5.41) is 5.41. The van der Waals surface area contributed by atoms with E-state index in [-0.39, 0.29) is 5.91 Å². The summed E-state index contributed by atoms with van der Waals surface area (Å²) in [7, 11) is 0. The second kappa shape index (κ2) is 12.3. The smallest absolute Gasteiger partial charge is 0.338 e. The van der Waals surface area contributed by atoms with E-state index in [1.165, 1.54) is 0 Å². The molecule has 0 aromatic heterocycles. The highest BCUT2D eigenvalue weighted by atomic mass is 16.5. The maximum Gasteiger partial charge on any atom is 0.338 e. The van der Waals surface area contributed by atoms with Crippen molar-refractivity contribution in [3.63, 3.8) is 0 Å². The first kappa shape index (κ1) is 22.9. The normalized spacial score (nSPS) is 10.2. The molecule has 0 aliphatic rings. The average molecular weight is 412 g/mol. The van der Waals surface area contributed by atoms with Gasteiger partial charge in [-0.25, -0.2) is 4.79 Å². The molecule has 2 aromatic rings. The first-order valence-corrected chi connectivity index (χ1v) is 10.1. The van der Waals surface area contributed by atoms with Crippen molar-refractivity contribution in [1.82, 2.24) is 0 Å². The Morgan fingerprint density at radius 3 is 2.00 bits per heavy atom. The van der Waals surface area contributed by atoms with Gasteiger partial charge in [0.25, 0.3) is 5.91 Å². The number of rotatable bonds is 11. The Balaban J connectivity index is 1.77. The van der Waals surface area contributed by atoms with E-state index in [1.54, 1.807) is 48.5 Å². The van der Waals surface area contributed by atoms with E-state index < -0.39 is 18.5 Å². The summed E-state index contributed by atoms with van der Waals surface area (Å²) >= 11 is 0. The fraction of sp³-hybridized carbons (Fsp3) is 0.348. The van der Waals surface area contributed by atoms with Gasteiger partial charge in [-0.2, -0.15) is 0 Å². The van der Waals surface area contributed by atoms with Gasteiger partial charge in [0.05, 0.1) is 12.2 Å². The number of esters is 1. The van der Waals surface area contributed by atoms with Crippen LogP contribution >= 0.6 is 0 Å². The summed E-state index contributed by atoms with van der Waals surface area (Å²) in [6.45, 7) is 4.28. The van der Waals surface area contributed by atoms with Crippen LogP contribution in [0.25, 0.3) is 0 Å². The molecule has 0 unspecified atom stereocenters. The summed E-state index contributed by atoms with van der Waals surface area (Å²) in [6, 6.07) is 13.3. The van der Waals surface area contributed by atoms with Crippen molar-refractivity contribution in [1.29, 1.82) is 0 Å². The molecule has 0 spiro atoms. The number of unbranched alkanes of at least 4 members (excludes halogenated alkanes) is 1. The summed E-state index contributed by atoms with van der Waals surface area (Å²) in [6.07, 6.45) is 3.25. The molecular formula is C23H28N2O5. The topological polar surface area (TPSA) is 93.7 Å². The van der Waals surface area contributed by atoms with Crippen LogP contribution in [0.2, 0.25) is 0 Å². The molecule has 0 radical (unpaired) electrons. The first-order valence-electron chi connectivity index (χ1n) is 10.1. The molecule has 0 saturated heterocycles. The molecule has 2 rings (SSSR count). The lowest BCUT2D eigenvalue weighted by atomic mass is 10.2. The molecule has 0 fully saturated rings. The van der Waals surface area contributed by atoms with Crippen molar-refractivity contribution in [2.45, 2.75) is 39.5 Å². The minimum absolute atomic E-state index is 0.0787. The number of nitrogens with one attached hydrogen (secondary N) is 2. The molecule has 2 N–H and O–H groups in total. The van der Waals surface area contributed by atoms with Gasteiger partial charge in [-0.05, 0) is 61.4 Å². The summed E-state index contributed by atoms with van der Waals surface area (Å²) in [5.41, 5.74) is 1.49. The van der Waals surface area contributed by atoms with Crippen LogP contribution in [-0.4, -0.2) is 31.0 Å². The van der Waals surface area contributed by atoms with Gasteiger partial charge >= 0.3 is 5.97 Å². The fourth-order valence-electron chi connectivity index (χ4n) is 2.52. The highest BCUT2D eigenvalue weighted by Crippen LogP contribution is 2.16. The fourth-order valence-corrected chi connectivity index (χ4v) is 2.52. The molecule has 7 heteroatoms. The van der Waals surface area contributed by atoms with Crippen molar-refractivity contribution in [2.75, 3.05) is 23.8 Å². The van der Waals surface area contributed by atoms with Crippen molar-refractivity contribution in [3.8, 4) is 5.75 Å². The Hall–Kier alpha value is -3.35. The quantitative estimate of drug-likeness (QED) is 0.421. The lowest BCUT2D eigenvalue weighted by molar-refractivity contribution is -0.119. The Kier molecular flexibility index (Phi) is 9.37. The Morgan fingerprint density at radius 1 is 0.800 bits per heavy atom. The van der Waals surface area contributed by atoms with Gasteiger partial charge in [0.15, 0.2) is 6.61 Å². The standard InChI is InChI=1S/C23H28N2O5/c1-3-5-15-29-20-13-11-19(12-14-20)25-22(27)16-30-23(28)17-7-9-18(10-8-17)24-21(26)6-4-2/h7-14H,3-6,15-16H2,1-2H3,(H,24,26)(H,25,27). The van der Waals surface area contributed by atoms with Crippen LogP contribution in [0, 0.1) is 0 Å². The molecule has 0 aliphatic carbocycles. The van der Waals surface area contributed by atoms with E-state index in [2.05, 4.69) is 17.6 Å². The SMILES string of the molecule is CCCCOc1ccc(NC(=O)COC(=O)c2ccc(NC(=O)CCC)cc2)cc1. The van der Waals surface area contributed by atoms with Gasteiger partial charge in [-0.15, -0.1) is 0 Å². The van der Waals surface area contributed by atoms with Crippen LogP contribution in [0.3, 0.4) is 0 Å². The molecule has 0 bridgehead atoms. The molecule has 0 atom stereocenters. The number of ether oxygens (including phenoxy) is 2. The van der Waals surface area contributed by atoms with Crippen LogP contribution in [0.15, 0.2) is 48.5 Å². The number of benzene rings is 2. The molecule has 2 aromatic carbocycles. The van der Waals surface area contributed by atoms with E-state index in [1.807, 2.05) is 6.92 Å². The van der Waals surface area contributed by atoms with Gasteiger partial charge < -0.3 is 20.1 Å². The van der Waals surface area contributed by atoms with Gasteiger partial charge in [0, 0.05) is 17.8 Å². The second-order valence-electron chi connectivity index (χ2n) is 6.73. The van der Waals surface area contributed by atoms with Gasteiger partial charge in [-0.3, -0.25) is 9.59 Å². The number of hydrogen-bond acceptors (Lipinski definition) is 5. The largest absolute Gasteiger partial charge is 0.494 e. The molecule has 0 saturated carbocycles.